The molecule has 0 aromatic rings. The van der Waals surface area contributed by atoms with E-state index < -0.39 is 5.97 Å². The molecule has 0 aromatic carbocycles. The standard InChI is InChI=1S/C16H29NO2/c1-3-8-16(9-4-2)11-17(12-16)14-7-5-6-13(10-14)15(18)19/h13-14H,3-12H2,1-2H3,(H,18,19). The highest BCUT2D eigenvalue weighted by Crippen LogP contribution is 2.43. The van der Waals surface area contributed by atoms with Crippen molar-refractivity contribution in [3.63, 3.8) is 0 Å². The SMILES string of the molecule is CCCC1(CCC)CN(C2CCCC(C(=O)O)C2)C1. The molecule has 2 aliphatic rings. The number of hydrogen-bond acceptors (Lipinski definition) is 2. The van der Waals surface area contributed by atoms with Crippen molar-refractivity contribution < 1.29 is 9.90 Å². The van der Waals surface area contributed by atoms with E-state index in [1.165, 1.54) is 45.2 Å². The van der Waals surface area contributed by atoms with Gasteiger partial charge in [-0.3, -0.25) is 9.69 Å². The summed E-state index contributed by atoms with van der Waals surface area (Å²) in [7, 11) is 0. The van der Waals surface area contributed by atoms with Crippen LogP contribution in [0.2, 0.25) is 0 Å². The van der Waals surface area contributed by atoms with E-state index in [1.807, 2.05) is 0 Å². The zero-order chi connectivity index (χ0) is 13.9. The zero-order valence-electron chi connectivity index (χ0n) is 12.5. The average molecular weight is 267 g/mol. The second-order valence-electron chi connectivity index (χ2n) is 6.76. The normalized spacial score (nSPS) is 30.8. The summed E-state index contributed by atoms with van der Waals surface area (Å²) in [5.74, 6) is -0.676. The molecule has 0 amide bonds. The van der Waals surface area contributed by atoms with Crippen LogP contribution in [0.4, 0.5) is 0 Å². The Morgan fingerprint density at radius 1 is 1.21 bits per heavy atom. The number of carboxylic acid groups (broad SMARTS) is 1. The molecule has 0 aromatic heterocycles. The van der Waals surface area contributed by atoms with E-state index in [2.05, 4.69) is 18.7 Å². The molecular weight excluding hydrogens is 238 g/mol. The minimum absolute atomic E-state index is 0.0916. The van der Waals surface area contributed by atoms with Crippen molar-refractivity contribution in [2.45, 2.75) is 71.3 Å². The molecular formula is C16H29NO2. The first-order valence-corrected chi connectivity index (χ1v) is 8.07. The van der Waals surface area contributed by atoms with Crippen LogP contribution >= 0.6 is 0 Å². The highest BCUT2D eigenvalue weighted by molar-refractivity contribution is 5.70. The van der Waals surface area contributed by atoms with Gasteiger partial charge in [0.25, 0.3) is 0 Å². The van der Waals surface area contributed by atoms with Crippen LogP contribution in [0.15, 0.2) is 0 Å². The second-order valence-corrected chi connectivity index (χ2v) is 6.76. The van der Waals surface area contributed by atoms with Crippen molar-refractivity contribution in [2.24, 2.45) is 11.3 Å². The van der Waals surface area contributed by atoms with Crippen molar-refractivity contribution in [3.8, 4) is 0 Å². The molecule has 2 unspecified atom stereocenters. The Morgan fingerprint density at radius 2 is 1.84 bits per heavy atom. The summed E-state index contributed by atoms with van der Waals surface area (Å²) in [4.78, 5) is 13.7. The predicted molar refractivity (Wildman–Crippen MR) is 77.2 cm³/mol. The van der Waals surface area contributed by atoms with Gasteiger partial charge >= 0.3 is 5.97 Å². The molecule has 3 heteroatoms. The van der Waals surface area contributed by atoms with Crippen LogP contribution in [-0.4, -0.2) is 35.1 Å². The van der Waals surface area contributed by atoms with Gasteiger partial charge in [-0.05, 0) is 37.5 Å². The van der Waals surface area contributed by atoms with Gasteiger partial charge in [0.15, 0.2) is 0 Å². The molecule has 3 nitrogen and oxygen atoms in total. The van der Waals surface area contributed by atoms with E-state index in [9.17, 15) is 9.90 Å². The molecule has 1 saturated carbocycles. The third-order valence-electron chi connectivity index (χ3n) is 5.15. The van der Waals surface area contributed by atoms with Gasteiger partial charge in [0, 0.05) is 19.1 Å². The molecule has 19 heavy (non-hydrogen) atoms. The Balaban J connectivity index is 1.86. The first-order valence-electron chi connectivity index (χ1n) is 8.07. The lowest BCUT2D eigenvalue weighted by atomic mass is 9.70. The lowest BCUT2D eigenvalue weighted by Gasteiger charge is -2.55. The summed E-state index contributed by atoms with van der Waals surface area (Å²) in [6.45, 7) is 6.99. The largest absolute Gasteiger partial charge is 0.481 e. The van der Waals surface area contributed by atoms with Crippen molar-refractivity contribution in [2.75, 3.05) is 13.1 Å². The number of likely N-dealkylation sites (tertiary alicyclic amines) is 1. The van der Waals surface area contributed by atoms with Gasteiger partial charge in [0.05, 0.1) is 5.92 Å². The van der Waals surface area contributed by atoms with Gasteiger partial charge in [-0.25, -0.2) is 0 Å². The number of rotatable bonds is 6. The topological polar surface area (TPSA) is 40.5 Å². The third-order valence-corrected chi connectivity index (χ3v) is 5.15. The molecule has 0 spiro atoms. The van der Waals surface area contributed by atoms with Crippen molar-refractivity contribution in [3.05, 3.63) is 0 Å². The van der Waals surface area contributed by atoms with Gasteiger partial charge in [0.1, 0.15) is 0 Å². The van der Waals surface area contributed by atoms with Crippen LogP contribution < -0.4 is 0 Å². The summed E-state index contributed by atoms with van der Waals surface area (Å²) in [6.07, 6.45) is 9.29. The number of carbonyl (C=O) groups is 1. The van der Waals surface area contributed by atoms with Crippen LogP contribution in [0.1, 0.15) is 65.2 Å². The number of carboxylic acids is 1. The van der Waals surface area contributed by atoms with E-state index in [4.69, 9.17) is 0 Å². The maximum atomic E-state index is 11.1. The van der Waals surface area contributed by atoms with Crippen LogP contribution in [-0.2, 0) is 4.79 Å². The predicted octanol–water partition coefficient (Wildman–Crippen LogP) is 3.53. The maximum Gasteiger partial charge on any atom is 0.306 e. The number of aliphatic carboxylic acids is 1. The molecule has 2 rings (SSSR count). The van der Waals surface area contributed by atoms with E-state index in [0.29, 0.717) is 11.5 Å². The van der Waals surface area contributed by atoms with Crippen molar-refractivity contribution >= 4 is 5.97 Å². The molecule has 0 radical (unpaired) electrons. The minimum Gasteiger partial charge on any atom is -0.481 e. The highest BCUT2D eigenvalue weighted by atomic mass is 16.4. The zero-order valence-corrected chi connectivity index (χ0v) is 12.5. The molecule has 1 saturated heterocycles. The fraction of sp³-hybridized carbons (Fsp3) is 0.938. The first-order chi connectivity index (χ1) is 9.10. The van der Waals surface area contributed by atoms with Gasteiger partial charge in [-0.15, -0.1) is 0 Å². The van der Waals surface area contributed by atoms with E-state index in [0.717, 1.165) is 19.3 Å². The van der Waals surface area contributed by atoms with Crippen LogP contribution in [0, 0.1) is 11.3 Å². The quantitative estimate of drug-likeness (QED) is 0.800. The lowest BCUT2D eigenvalue weighted by Crippen LogP contribution is -2.60. The molecule has 1 N–H and O–H groups in total. The fourth-order valence-corrected chi connectivity index (χ4v) is 4.30. The summed E-state index contributed by atoms with van der Waals surface area (Å²) in [5, 5.41) is 9.18. The summed E-state index contributed by atoms with van der Waals surface area (Å²) < 4.78 is 0. The van der Waals surface area contributed by atoms with Gasteiger partial charge in [0.2, 0.25) is 0 Å². The van der Waals surface area contributed by atoms with Crippen molar-refractivity contribution in [1.29, 1.82) is 0 Å². The van der Waals surface area contributed by atoms with E-state index in [1.54, 1.807) is 0 Å². The molecule has 0 bridgehead atoms. The molecule has 110 valence electrons. The number of nitrogens with zero attached hydrogens (tertiary/aromatic N) is 1. The van der Waals surface area contributed by atoms with E-state index >= 15 is 0 Å². The highest BCUT2D eigenvalue weighted by Gasteiger charge is 2.45. The Labute approximate surface area is 117 Å². The van der Waals surface area contributed by atoms with Crippen LogP contribution in [0.25, 0.3) is 0 Å². The summed E-state index contributed by atoms with van der Waals surface area (Å²) in [6, 6.07) is 0.539. The average Bonchev–Trinajstić information content (AvgIpc) is 2.35. The molecule has 2 atom stereocenters. The maximum absolute atomic E-state index is 11.1. The van der Waals surface area contributed by atoms with Crippen molar-refractivity contribution in [1.82, 2.24) is 4.90 Å². The monoisotopic (exact) mass is 267 g/mol. The first kappa shape index (κ1) is 14.8. The Bertz CT molecular complexity index is 302. The van der Waals surface area contributed by atoms with E-state index in [-0.39, 0.29) is 5.92 Å². The third kappa shape index (κ3) is 3.31. The van der Waals surface area contributed by atoms with Gasteiger partial charge in [-0.1, -0.05) is 33.1 Å². The van der Waals surface area contributed by atoms with Crippen LogP contribution in [0.3, 0.4) is 0 Å². The molecule has 1 heterocycles. The Morgan fingerprint density at radius 3 is 2.37 bits per heavy atom. The molecule has 2 fully saturated rings. The van der Waals surface area contributed by atoms with Crippen LogP contribution in [0.5, 0.6) is 0 Å². The lowest BCUT2D eigenvalue weighted by molar-refractivity contribution is -0.144. The number of hydrogen-bond donors (Lipinski definition) is 1. The molecule has 1 aliphatic heterocycles. The Kier molecular flexibility index (Phi) is 4.88. The minimum atomic E-state index is -0.585. The smallest absolute Gasteiger partial charge is 0.306 e. The summed E-state index contributed by atoms with van der Waals surface area (Å²) >= 11 is 0. The summed E-state index contributed by atoms with van der Waals surface area (Å²) in [5.41, 5.74) is 0.555. The Hall–Kier alpha value is -0.570. The second kappa shape index (κ2) is 6.25. The van der Waals surface area contributed by atoms with Gasteiger partial charge < -0.3 is 5.11 Å². The van der Waals surface area contributed by atoms with Gasteiger partial charge in [-0.2, -0.15) is 0 Å². The fourth-order valence-electron chi connectivity index (χ4n) is 4.30. The molecule has 1 aliphatic carbocycles.